The monoisotopic (exact) mass is 435 g/mol. The van der Waals surface area contributed by atoms with Gasteiger partial charge in [0.2, 0.25) is 0 Å². The Hall–Kier alpha value is -3.03. The molecule has 7 heteroatoms. The van der Waals surface area contributed by atoms with E-state index < -0.39 is 22.0 Å². The highest BCUT2D eigenvalue weighted by Crippen LogP contribution is 2.36. The van der Waals surface area contributed by atoms with Gasteiger partial charge >= 0.3 is 0 Å². The quantitative estimate of drug-likeness (QED) is 0.663. The highest BCUT2D eigenvalue weighted by molar-refractivity contribution is 7.90. The van der Waals surface area contributed by atoms with E-state index in [0.29, 0.717) is 13.1 Å². The zero-order valence-corrected chi connectivity index (χ0v) is 18.6. The molecular weight excluding hydrogens is 410 g/mol. The molecule has 0 bridgehead atoms. The van der Waals surface area contributed by atoms with Gasteiger partial charge in [-0.1, -0.05) is 42.0 Å². The van der Waals surface area contributed by atoms with Gasteiger partial charge in [-0.25, -0.2) is 13.1 Å². The first-order valence-corrected chi connectivity index (χ1v) is 11.6. The van der Waals surface area contributed by atoms with Crippen LogP contribution in [0.25, 0.3) is 0 Å². The molecule has 2 heterocycles. The van der Waals surface area contributed by atoms with Crippen LogP contribution in [0.3, 0.4) is 0 Å². The Kier molecular flexibility index (Phi) is 5.64. The maximum atomic E-state index is 13.3. The second-order valence-corrected chi connectivity index (χ2v) is 9.72. The first-order valence-electron chi connectivity index (χ1n) is 10.1. The molecule has 1 aliphatic rings. The molecule has 1 unspecified atom stereocenters. The summed E-state index contributed by atoms with van der Waals surface area (Å²) in [6, 6.07) is 14.0. The summed E-state index contributed by atoms with van der Waals surface area (Å²) < 4.78 is 27.8. The smallest absolute Gasteiger partial charge is 0.264 e. The summed E-state index contributed by atoms with van der Waals surface area (Å²) in [6.07, 6.45) is 2.78. The number of nitrogens with zero attached hydrogens (tertiary/aromatic N) is 2. The van der Waals surface area contributed by atoms with Crippen LogP contribution < -0.4 is 4.72 Å². The predicted molar refractivity (Wildman–Crippen MR) is 119 cm³/mol. The summed E-state index contributed by atoms with van der Waals surface area (Å²) in [4.78, 5) is 19.2. The topological polar surface area (TPSA) is 79.4 Å². The normalized spacial score (nSPS) is 16.2. The Morgan fingerprint density at radius 2 is 1.71 bits per heavy atom. The van der Waals surface area contributed by atoms with E-state index in [-0.39, 0.29) is 4.90 Å². The van der Waals surface area contributed by atoms with Gasteiger partial charge in [-0.05, 0) is 60.7 Å². The Morgan fingerprint density at radius 1 is 1.06 bits per heavy atom. The molecule has 0 fully saturated rings. The predicted octanol–water partition coefficient (Wildman–Crippen LogP) is 3.57. The van der Waals surface area contributed by atoms with Crippen molar-refractivity contribution in [3.05, 3.63) is 94.3 Å². The van der Waals surface area contributed by atoms with Crippen molar-refractivity contribution in [3.8, 4) is 0 Å². The molecule has 4 rings (SSSR count). The molecule has 0 radical (unpaired) electrons. The number of amides is 1. The largest absolute Gasteiger partial charge is 0.280 e. The van der Waals surface area contributed by atoms with Gasteiger partial charge in [0.1, 0.15) is 6.04 Å². The lowest BCUT2D eigenvalue weighted by molar-refractivity contribution is -0.124. The molecule has 0 saturated carbocycles. The van der Waals surface area contributed by atoms with Gasteiger partial charge in [-0.15, -0.1) is 0 Å². The number of nitrogens with one attached hydrogen (secondary N) is 1. The molecule has 2 aromatic carbocycles. The maximum absolute atomic E-state index is 13.3. The second-order valence-electron chi connectivity index (χ2n) is 8.04. The van der Waals surface area contributed by atoms with E-state index in [1.807, 2.05) is 29.2 Å². The minimum atomic E-state index is -3.98. The van der Waals surface area contributed by atoms with Crippen LogP contribution in [0.1, 0.15) is 39.4 Å². The van der Waals surface area contributed by atoms with E-state index in [4.69, 9.17) is 0 Å². The fourth-order valence-corrected chi connectivity index (χ4v) is 5.31. The van der Waals surface area contributed by atoms with Crippen LogP contribution in [0.4, 0.5) is 0 Å². The van der Waals surface area contributed by atoms with Crippen molar-refractivity contribution in [1.29, 1.82) is 0 Å². The molecule has 3 aromatic rings. The van der Waals surface area contributed by atoms with Crippen LogP contribution in [0.5, 0.6) is 0 Å². The Labute approximate surface area is 183 Å². The summed E-state index contributed by atoms with van der Waals surface area (Å²) in [5.41, 5.74) is 6.56. The van der Waals surface area contributed by atoms with Gasteiger partial charge in [0.05, 0.1) is 4.90 Å². The third-order valence-electron chi connectivity index (χ3n) is 5.73. The Morgan fingerprint density at radius 3 is 2.39 bits per heavy atom. The molecule has 6 nitrogen and oxygen atoms in total. The fraction of sp³-hybridized carbons (Fsp3) is 0.250. The average molecular weight is 436 g/mol. The van der Waals surface area contributed by atoms with E-state index in [9.17, 15) is 13.2 Å². The number of carbonyl (C=O) groups is 1. The van der Waals surface area contributed by atoms with E-state index in [1.165, 1.54) is 30.1 Å². The van der Waals surface area contributed by atoms with Crippen LogP contribution in [-0.2, 0) is 27.9 Å². The molecule has 1 aliphatic heterocycles. The van der Waals surface area contributed by atoms with Crippen molar-refractivity contribution in [2.24, 2.45) is 0 Å². The molecule has 1 aromatic heterocycles. The highest BCUT2D eigenvalue weighted by Gasteiger charge is 2.37. The minimum Gasteiger partial charge on any atom is -0.280 e. The lowest BCUT2D eigenvalue weighted by Gasteiger charge is -2.26. The molecule has 0 spiro atoms. The molecule has 160 valence electrons. The van der Waals surface area contributed by atoms with Gasteiger partial charge in [-0.2, -0.15) is 0 Å². The van der Waals surface area contributed by atoms with Crippen molar-refractivity contribution in [2.45, 2.75) is 44.8 Å². The molecular formula is C24H25N3O3S. The number of hydrogen-bond donors (Lipinski definition) is 1. The van der Waals surface area contributed by atoms with Gasteiger partial charge < -0.3 is 0 Å². The lowest BCUT2D eigenvalue weighted by Crippen LogP contribution is -2.39. The summed E-state index contributed by atoms with van der Waals surface area (Å²) in [6.45, 7) is 7.34. The van der Waals surface area contributed by atoms with Gasteiger partial charge in [0.15, 0.2) is 0 Å². The maximum Gasteiger partial charge on any atom is 0.264 e. The number of benzene rings is 2. The third-order valence-corrected chi connectivity index (χ3v) is 7.10. The van der Waals surface area contributed by atoms with E-state index in [0.717, 1.165) is 27.8 Å². The van der Waals surface area contributed by atoms with Gasteiger partial charge in [0, 0.05) is 25.5 Å². The number of aryl methyl sites for hydroxylation is 3. The second kappa shape index (κ2) is 8.24. The third kappa shape index (κ3) is 4.24. The van der Waals surface area contributed by atoms with Crippen LogP contribution in [0.15, 0.2) is 65.8 Å². The number of rotatable bonds is 5. The van der Waals surface area contributed by atoms with E-state index in [2.05, 4.69) is 42.6 Å². The molecule has 1 atom stereocenters. The van der Waals surface area contributed by atoms with Gasteiger partial charge in [0.25, 0.3) is 15.9 Å². The zero-order valence-electron chi connectivity index (χ0n) is 17.8. The zero-order chi connectivity index (χ0) is 22.2. The number of pyridine rings is 1. The average Bonchev–Trinajstić information content (AvgIpc) is 3.09. The van der Waals surface area contributed by atoms with Crippen molar-refractivity contribution in [1.82, 2.24) is 14.6 Å². The van der Waals surface area contributed by atoms with Crippen molar-refractivity contribution in [2.75, 3.05) is 0 Å². The highest BCUT2D eigenvalue weighted by atomic mass is 32.2. The number of hydrogen-bond acceptors (Lipinski definition) is 5. The van der Waals surface area contributed by atoms with E-state index in [1.54, 1.807) is 0 Å². The molecule has 1 N–H and O–H groups in total. The van der Waals surface area contributed by atoms with Crippen LogP contribution in [0, 0.1) is 20.8 Å². The Bertz CT molecular complexity index is 1220. The number of fused-ring (bicyclic) bond motifs is 1. The number of sulfonamides is 1. The summed E-state index contributed by atoms with van der Waals surface area (Å²) in [5, 5.41) is 0. The summed E-state index contributed by atoms with van der Waals surface area (Å²) in [5.74, 6) is -0.552. The van der Waals surface area contributed by atoms with Crippen molar-refractivity contribution in [3.63, 3.8) is 0 Å². The lowest BCUT2D eigenvalue weighted by atomic mass is 9.99. The summed E-state index contributed by atoms with van der Waals surface area (Å²) in [7, 11) is -3.98. The minimum absolute atomic E-state index is 0.0129. The fourth-order valence-electron chi connectivity index (χ4n) is 4.33. The molecule has 31 heavy (non-hydrogen) atoms. The molecule has 0 saturated heterocycles. The number of carbonyl (C=O) groups excluding carboxylic acids is 1. The van der Waals surface area contributed by atoms with Crippen molar-refractivity contribution < 1.29 is 13.2 Å². The van der Waals surface area contributed by atoms with Crippen LogP contribution in [0.2, 0.25) is 0 Å². The van der Waals surface area contributed by atoms with Crippen molar-refractivity contribution >= 4 is 15.9 Å². The summed E-state index contributed by atoms with van der Waals surface area (Å²) >= 11 is 0. The number of aromatic nitrogens is 1. The first kappa shape index (κ1) is 21.2. The molecule has 1 amide bonds. The van der Waals surface area contributed by atoms with E-state index >= 15 is 0 Å². The Balaban J connectivity index is 1.67. The van der Waals surface area contributed by atoms with Crippen LogP contribution >= 0.6 is 0 Å². The van der Waals surface area contributed by atoms with Gasteiger partial charge in [-0.3, -0.25) is 14.7 Å². The molecule has 0 aliphatic carbocycles. The SMILES string of the molecule is Cc1cc(C)c(CN2Cc3ccccc3C2C(=O)NS(=O)(=O)c2ccncc2)c(C)c1. The van der Waals surface area contributed by atoms with Crippen LogP contribution in [-0.4, -0.2) is 24.2 Å². The standard InChI is InChI=1S/C24H25N3O3S/c1-16-12-17(2)22(18(3)13-16)15-27-14-19-6-4-5-7-21(19)23(27)24(28)26-31(29,30)20-8-10-25-11-9-20/h4-13,23H,14-15H2,1-3H3,(H,26,28). The first-order chi connectivity index (χ1) is 14.8.